The van der Waals surface area contributed by atoms with Crippen LogP contribution in [-0.2, 0) is 6.54 Å². The number of carbonyl (C=O) groups is 1. The van der Waals surface area contributed by atoms with Gasteiger partial charge in [-0.15, -0.1) is 0 Å². The maximum atomic E-state index is 12.6. The van der Waals surface area contributed by atoms with Crippen molar-refractivity contribution in [1.29, 1.82) is 0 Å². The molecule has 2 aromatic rings. The van der Waals surface area contributed by atoms with Crippen LogP contribution >= 0.6 is 15.9 Å². The Bertz CT molecular complexity index is 972. The van der Waals surface area contributed by atoms with Crippen LogP contribution in [0.1, 0.15) is 10.4 Å². The van der Waals surface area contributed by atoms with Crippen molar-refractivity contribution in [3.8, 4) is 11.3 Å². The molecule has 0 bridgehead atoms. The Morgan fingerprint density at radius 3 is 2.52 bits per heavy atom. The molecule has 1 heterocycles. The van der Waals surface area contributed by atoms with Gasteiger partial charge in [-0.1, -0.05) is 70.5 Å². The summed E-state index contributed by atoms with van der Waals surface area (Å²) < 4.78 is 3.09. The van der Waals surface area contributed by atoms with Crippen molar-refractivity contribution in [2.24, 2.45) is 0 Å². The van der Waals surface area contributed by atoms with Crippen molar-refractivity contribution in [3.05, 3.63) is 83.0 Å². The maximum Gasteiger partial charge on any atom is 0.182 e. The number of carbonyl (C=O) groups excluding carboxylic acids is 1. The van der Waals surface area contributed by atoms with Gasteiger partial charge in [0.2, 0.25) is 0 Å². The summed E-state index contributed by atoms with van der Waals surface area (Å²) in [4.78, 5) is 12.6. The van der Waals surface area contributed by atoms with Gasteiger partial charge in [0.1, 0.15) is 0 Å². The molecule has 112 valence electrons. The van der Waals surface area contributed by atoms with Gasteiger partial charge in [0, 0.05) is 27.2 Å². The molecule has 0 unspecified atom stereocenters. The minimum absolute atomic E-state index is 0.115. The number of hydrogen-bond donors (Lipinski definition) is 0. The Labute approximate surface area is 142 Å². The molecular weight excluding hydrogens is 350 g/mol. The number of aromatic nitrogens is 1. The molecular formula is C20H14BrNO. The Morgan fingerprint density at radius 1 is 0.957 bits per heavy atom. The van der Waals surface area contributed by atoms with Crippen LogP contribution in [0.5, 0.6) is 0 Å². The lowest BCUT2D eigenvalue weighted by atomic mass is 10.1. The summed E-state index contributed by atoms with van der Waals surface area (Å²) >= 11 is 3.62. The number of halogens is 1. The molecule has 2 aliphatic rings. The third kappa shape index (κ3) is 2.47. The van der Waals surface area contributed by atoms with Crippen molar-refractivity contribution in [2.45, 2.75) is 6.54 Å². The fourth-order valence-electron chi connectivity index (χ4n) is 3.02. The Morgan fingerprint density at radius 2 is 1.70 bits per heavy atom. The smallest absolute Gasteiger partial charge is 0.182 e. The SMILES string of the molecule is O=C(Cn1ccc(Br)c2cc3ccccc3c1-2)c1ccccc1. The molecule has 0 radical (unpaired) electrons. The maximum absolute atomic E-state index is 12.6. The van der Waals surface area contributed by atoms with E-state index in [0.29, 0.717) is 6.54 Å². The first-order valence-electron chi connectivity index (χ1n) is 7.48. The number of ketones is 1. The van der Waals surface area contributed by atoms with Gasteiger partial charge < -0.3 is 4.57 Å². The van der Waals surface area contributed by atoms with E-state index in [1.165, 1.54) is 10.8 Å². The molecule has 0 spiro atoms. The molecule has 4 rings (SSSR count). The van der Waals surface area contributed by atoms with Crippen molar-refractivity contribution >= 4 is 32.5 Å². The highest BCUT2D eigenvalue weighted by Gasteiger charge is 2.17. The summed E-state index contributed by atoms with van der Waals surface area (Å²) in [6, 6.07) is 21.9. The first-order chi connectivity index (χ1) is 11.2. The molecule has 0 aromatic heterocycles. The van der Waals surface area contributed by atoms with E-state index >= 15 is 0 Å². The van der Waals surface area contributed by atoms with Crippen LogP contribution in [0, 0.1) is 0 Å². The second kappa shape index (κ2) is 5.67. The second-order valence-corrected chi connectivity index (χ2v) is 6.43. The van der Waals surface area contributed by atoms with Gasteiger partial charge in [-0.3, -0.25) is 4.79 Å². The highest BCUT2D eigenvalue weighted by atomic mass is 79.9. The number of benzene rings is 2. The van der Waals surface area contributed by atoms with E-state index in [-0.39, 0.29) is 5.78 Å². The molecule has 3 heteroatoms. The highest BCUT2D eigenvalue weighted by Crippen LogP contribution is 2.38. The number of hydrogen-bond acceptors (Lipinski definition) is 1. The van der Waals surface area contributed by atoms with Crippen LogP contribution in [0.15, 0.2) is 77.4 Å². The fourth-order valence-corrected chi connectivity index (χ4v) is 3.44. The van der Waals surface area contributed by atoms with Crippen molar-refractivity contribution < 1.29 is 4.79 Å². The molecule has 0 atom stereocenters. The summed E-state index contributed by atoms with van der Waals surface area (Å²) in [6.07, 6.45) is 1.97. The van der Waals surface area contributed by atoms with Gasteiger partial charge in [-0.2, -0.15) is 0 Å². The second-order valence-electron chi connectivity index (χ2n) is 5.57. The van der Waals surface area contributed by atoms with Gasteiger partial charge in [-0.05, 0) is 17.5 Å². The monoisotopic (exact) mass is 363 g/mol. The van der Waals surface area contributed by atoms with E-state index in [2.05, 4.69) is 34.1 Å². The van der Waals surface area contributed by atoms with E-state index in [1.807, 2.05) is 59.3 Å². The van der Waals surface area contributed by atoms with Crippen LogP contribution in [0.25, 0.3) is 22.0 Å². The third-order valence-electron chi connectivity index (χ3n) is 4.13. The molecule has 2 aromatic carbocycles. The molecule has 2 nitrogen and oxygen atoms in total. The van der Waals surface area contributed by atoms with Crippen molar-refractivity contribution in [2.75, 3.05) is 0 Å². The van der Waals surface area contributed by atoms with Crippen LogP contribution in [-0.4, -0.2) is 10.4 Å². The Kier molecular flexibility index (Phi) is 3.50. The lowest BCUT2D eigenvalue weighted by molar-refractivity contribution is 0.0972. The molecule has 0 N–H and O–H groups in total. The normalized spacial score (nSPS) is 11.2. The third-order valence-corrected chi connectivity index (χ3v) is 4.82. The molecule has 23 heavy (non-hydrogen) atoms. The van der Waals surface area contributed by atoms with Crippen LogP contribution in [0.4, 0.5) is 0 Å². The minimum atomic E-state index is 0.115. The Hall–Kier alpha value is -2.39. The first-order valence-corrected chi connectivity index (χ1v) is 8.28. The molecule has 1 aliphatic heterocycles. The predicted molar refractivity (Wildman–Crippen MR) is 97.0 cm³/mol. The van der Waals surface area contributed by atoms with Crippen LogP contribution in [0.3, 0.4) is 0 Å². The summed E-state index contributed by atoms with van der Waals surface area (Å²) in [5.41, 5.74) is 2.97. The molecule has 0 saturated carbocycles. The Balaban J connectivity index is 1.84. The predicted octanol–water partition coefficient (Wildman–Crippen LogP) is 5.39. The van der Waals surface area contributed by atoms with Crippen molar-refractivity contribution in [3.63, 3.8) is 0 Å². The number of pyridine rings is 1. The van der Waals surface area contributed by atoms with E-state index in [9.17, 15) is 4.79 Å². The average molecular weight is 364 g/mol. The first kappa shape index (κ1) is 14.2. The fraction of sp³-hybridized carbons (Fsp3) is 0.0500. The zero-order valence-corrected chi connectivity index (χ0v) is 14.0. The van der Waals surface area contributed by atoms with Crippen LogP contribution < -0.4 is 0 Å². The van der Waals surface area contributed by atoms with E-state index in [4.69, 9.17) is 0 Å². The van der Waals surface area contributed by atoms with Gasteiger partial charge in [0.25, 0.3) is 0 Å². The van der Waals surface area contributed by atoms with E-state index < -0.39 is 0 Å². The molecule has 0 fully saturated rings. The zero-order chi connectivity index (χ0) is 15.8. The summed E-state index contributed by atoms with van der Waals surface area (Å²) in [5, 5.41) is 2.36. The van der Waals surface area contributed by atoms with Gasteiger partial charge in [-0.25, -0.2) is 0 Å². The standard InChI is InChI=1S/C20H14BrNO/c21-18-10-11-22(13-19(23)14-6-2-1-3-7-14)20-16-9-5-4-8-15(16)12-17(18)20/h1-12H,13H2. The zero-order valence-electron chi connectivity index (χ0n) is 12.4. The van der Waals surface area contributed by atoms with Gasteiger partial charge in [0.15, 0.2) is 5.78 Å². The highest BCUT2D eigenvalue weighted by molar-refractivity contribution is 9.10. The lowest BCUT2D eigenvalue weighted by Crippen LogP contribution is -2.12. The molecule has 1 aliphatic carbocycles. The van der Waals surface area contributed by atoms with Gasteiger partial charge in [0.05, 0.1) is 12.2 Å². The number of fused-ring (bicyclic) bond motifs is 3. The minimum Gasteiger partial charge on any atom is -0.339 e. The summed E-state index contributed by atoms with van der Waals surface area (Å²) in [7, 11) is 0. The summed E-state index contributed by atoms with van der Waals surface area (Å²) in [5.74, 6) is 0.115. The molecule has 0 saturated heterocycles. The quantitative estimate of drug-likeness (QED) is 0.447. The average Bonchev–Trinajstić information content (AvgIpc) is 2.99. The number of nitrogens with zero attached hydrogens (tertiary/aromatic N) is 1. The number of Topliss-reactive ketones (excluding diaryl/α,β-unsaturated/α-hetero) is 1. The van der Waals surface area contributed by atoms with Crippen LogP contribution in [0.2, 0.25) is 0 Å². The van der Waals surface area contributed by atoms with E-state index in [1.54, 1.807) is 0 Å². The number of rotatable bonds is 3. The lowest BCUT2D eigenvalue weighted by Gasteiger charge is -2.14. The van der Waals surface area contributed by atoms with E-state index in [0.717, 1.165) is 21.3 Å². The molecule has 0 amide bonds. The largest absolute Gasteiger partial charge is 0.339 e. The summed E-state index contributed by atoms with van der Waals surface area (Å²) in [6.45, 7) is 0.335. The van der Waals surface area contributed by atoms with Gasteiger partial charge >= 0.3 is 0 Å². The van der Waals surface area contributed by atoms with Crippen molar-refractivity contribution in [1.82, 2.24) is 4.57 Å². The topological polar surface area (TPSA) is 22.0 Å².